The predicted octanol–water partition coefficient (Wildman–Crippen LogP) is 1.88. The molecule has 6 nitrogen and oxygen atoms in total. The van der Waals surface area contributed by atoms with Gasteiger partial charge in [-0.15, -0.1) is 0 Å². The highest BCUT2D eigenvalue weighted by Crippen LogP contribution is 2.27. The van der Waals surface area contributed by atoms with Crippen LogP contribution in [0.25, 0.3) is 0 Å². The number of aromatic nitrogens is 2. The molecule has 104 valence electrons. The van der Waals surface area contributed by atoms with Gasteiger partial charge in [-0.1, -0.05) is 0 Å². The Balaban J connectivity index is 2.17. The highest BCUT2D eigenvalue weighted by atomic mass is 16.3. The maximum Gasteiger partial charge on any atom is 0.182 e. The van der Waals surface area contributed by atoms with Gasteiger partial charge >= 0.3 is 0 Å². The van der Waals surface area contributed by atoms with Gasteiger partial charge in [-0.05, 0) is 26.8 Å². The molecule has 0 aliphatic carbocycles. The molecule has 0 aromatic carbocycles. The van der Waals surface area contributed by atoms with Gasteiger partial charge in [0.2, 0.25) is 0 Å². The van der Waals surface area contributed by atoms with E-state index in [9.17, 15) is 5.11 Å². The first-order valence-electron chi connectivity index (χ1n) is 6.19. The van der Waals surface area contributed by atoms with E-state index < -0.39 is 5.60 Å². The van der Waals surface area contributed by atoms with E-state index in [0.29, 0.717) is 17.1 Å². The zero-order valence-corrected chi connectivity index (χ0v) is 11.6. The fourth-order valence-electron chi connectivity index (χ4n) is 2.07. The molecule has 0 spiro atoms. The fourth-order valence-corrected chi connectivity index (χ4v) is 2.07. The van der Waals surface area contributed by atoms with Crippen molar-refractivity contribution in [3.05, 3.63) is 41.2 Å². The summed E-state index contributed by atoms with van der Waals surface area (Å²) in [4.78, 5) is 7.95. The third-order valence-electron chi connectivity index (χ3n) is 3.03. The molecule has 2 aromatic rings. The summed E-state index contributed by atoms with van der Waals surface area (Å²) in [6.45, 7) is 5.51. The van der Waals surface area contributed by atoms with E-state index in [2.05, 4.69) is 15.3 Å². The zero-order valence-electron chi connectivity index (χ0n) is 11.6. The standard InChI is InChI=1S/C14H16N4O2/c1-9-6-11(10(2)20-9)14(3,19)8-18-13-12(7-15)16-4-5-17-13/h4-6,19H,8H2,1-3H3,(H,17,18). The average molecular weight is 272 g/mol. The minimum atomic E-state index is -1.13. The van der Waals surface area contributed by atoms with E-state index in [1.54, 1.807) is 19.9 Å². The van der Waals surface area contributed by atoms with Crippen LogP contribution >= 0.6 is 0 Å². The number of aryl methyl sites for hydroxylation is 2. The summed E-state index contributed by atoms with van der Waals surface area (Å²) >= 11 is 0. The number of nitriles is 1. The predicted molar refractivity (Wildman–Crippen MR) is 73.0 cm³/mol. The number of aliphatic hydroxyl groups is 1. The van der Waals surface area contributed by atoms with Crippen LogP contribution in [0.15, 0.2) is 22.9 Å². The molecule has 0 saturated carbocycles. The van der Waals surface area contributed by atoms with Crippen LogP contribution in [0.2, 0.25) is 0 Å². The number of nitrogens with zero attached hydrogens (tertiary/aromatic N) is 3. The second-order valence-corrected chi connectivity index (χ2v) is 4.82. The van der Waals surface area contributed by atoms with Crippen molar-refractivity contribution in [2.75, 3.05) is 11.9 Å². The quantitative estimate of drug-likeness (QED) is 0.882. The van der Waals surface area contributed by atoms with Crippen molar-refractivity contribution in [3.63, 3.8) is 0 Å². The van der Waals surface area contributed by atoms with Crippen molar-refractivity contribution in [2.24, 2.45) is 0 Å². The number of anilines is 1. The molecule has 0 fully saturated rings. The van der Waals surface area contributed by atoms with Gasteiger partial charge in [0.25, 0.3) is 0 Å². The zero-order chi connectivity index (χ0) is 14.8. The largest absolute Gasteiger partial charge is 0.466 e. The van der Waals surface area contributed by atoms with Crippen LogP contribution in [-0.4, -0.2) is 21.6 Å². The van der Waals surface area contributed by atoms with Crippen molar-refractivity contribution in [1.29, 1.82) is 5.26 Å². The second kappa shape index (κ2) is 5.31. The van der Waals surface area contributed by atoms with E-state index in [4.69, 9.17) is 9.68 Å². The van der Waals surface area contributed by atoms with Crippen molar-refractivity contribution >= 4 is 5.82 Å². The van der Waals surface area contributed by atoms with Crippen LogP contribution in [0.3, 0.4) is 0 Å². The summed E-state index contributed by atoms with van der Waals surface area (Å²) in [6.07, 6.45) is 2.94. The first kappa shape index (κ1) is 14.0. The summed E-state index contributed by atoms with van der Waals surface area (Å²) in [6, 6.07) is 3.76. The maximum atomic E-state index is 10.6. The minimum Gasteiger partial charge on any atom is -0.466 e. The fraction of sp³-hybridized carbons (Fsp3) is 0.357. The third kappa shape index (κ3) is 2.78. The van der Waals surface area contributed by atoms with Crippen molar-refractivity contribution in [2.45, 2.75) is 26.4 Å². The molecule has 20 heavy (non-hydrogen) atoms. The molecular formula is C14H16N4O2. The molecule has 6 heteroatoms. The van der Waals surface area contributed by atoms with Gasteiger partial charge in [-0.25, -0.2) is 9.97 Å². The molecule has 2 N–H and O–H groups in total. The smallest absolute Gasteiger partial charge is 0.182 e. The van der Waals surface area contributed by atoms with E-state index in [1.165, 1.54) is 12.4 Å². The lowest BCUT2D eigenvalue weighted by molar-refractivity contribution is 0.0698. The lowest BCUT2D eigenvalue weighted by Crippen LogP contribution is -2.31. The van der Waals surface area contributed by atoms with Crippen LogP contribution in [0, 0.1) is 25.2 Å². The van der Waals surface area contributed by atoms with Gasteiger partial charge in [0, 0.05) is 24.5 Å². The number of furan rings is 1. The number of rotatable bonds is 4. The molecule has 0 aliphatic rings. The number of hydrogen-bond acceptors (Lipinski definition) is 6. The molecule has 0 amide bonds. The molecule has 2 rings (SSSR count). The Hall–Kier alpha value is -2.39. The summed E-state index contributed by atoms with van der Waals surface area (Å²) in [5.41, 5.74) is -0.222. The van der Waals surface area contributed by atoms with Gasteiger partial charge in [-0.3, -0.25) is 0 Å². The molecule has 0 bridgehead atoms. The Labute approximate surface area is 117 Å². The van der Waals surface area contributed by atoms with Gasteiger partial charge in [0.15, 0.2) is 11.5 Å². The highest BCUT2D eigenvalue weighted by molar-refractivity contribution is 5.47. The van der Waals surface area contributed by atoms with Gasteiger partial charge in [0.05, 0.1) is 0 Å². The molecule has 1 unspecified atom stereocenters. The van der Waals surface area contributed by atoms with Crippen LogP contribution in [0.5, 0.6) is 0 Å². The Morgan fingerprint density at radius 1 is 1.40 bits per heavy atom. The summed E-state index contributed by atoms with van der Waals surface area (Å²) in [5, 5.41) is 22.4. The van der Waals surface area contributed by atoms with E-state index in [0.717, 1.165) is 5.76 Å². The van der Waals surface area contributed by atoms with Crippen molar-refractivity contribution in [1.82, 2.24) is 9.97 Å². The van der Waals surface area contributed by atoms with Gasteiger partial charge < -0.3 is 14.8 Å². The first-order chi connectivity index (χ1) is 9.44. The molecule has 1 atom stereocenters. The van der Waals surface area contributed by atoms with E-state index in [-0.39, 0.29) is 12.2 Å². The van der Waals surface area contributed by atoms with Crippen LogP contribution < -0.4 is 5.32 Å². The average Bonchev–Trinajstić information content (AvgIpc) is 2.76. The molecular weight excluding hydrogens is 256 g/mol. The number of hydrogen-bond donors (Lipinski definition) is 2. The van der Waals surface area contributed by atoms with Gasteiger partial charge in [0.1, 0.15) is 23.2 Å². The van der Waals surface area contributed by atoms with Crippen LogP contribution in [0.1, 0.15) is 29.7 Å². The summed E-state index contributed by atoms with van der Waals surface area (Å²) in [5.74, 6) is 1.78. The molecule has 2 aromatic heterocycles. The molecule has 2 heterocycles. The Morgan fingerprint density at radius 3 is 2.70 bits per heavy atom. The first-order valence-corrected chi connectivity index (χ1v) is 6.19. The van der Waals surface area contributed by atoms with Crippen LogP contribution in [-0.2, 0) is 5.60 Å². The van der Waals surface area contributed by atoms with Crippen LogP contribution in [0.4, 0.5) is 5.82 Å². The normalized spacial score (nSPS) is 13.6. The van der Waals surface area contributed by atoms with E-state index in [1.807, 2.05) is 13.0 Å². The van der Waals surface area contributed by atoms with Gasteiger partial charge in [-0.2, -0.15) is 5.26 Å². The topological polar surface area (TPSA) is 95.0 Å². The lowest BCUT2D eigenvalue weighted by atomic mass is 9.96. The Morgan fingerprint density at radius 2 is 2.10 bits per heavy atom. The summed E-state index contributed by atoms with van der Waals surface area (Å²) < 4.78 is 5.43. The molecule has 0 aliphatic heterocycles. The summed E-state index contributed by atoms with van der Waals surface area (Å²) in [7, 11) is 0. The van der Waals surface area contributed by atoms with Crippen molar-refractivity contribution < 1.29 is 9.52 Å². The maximum absolute atomic E-state index is 10.6. The Bertz CT molecular complexity index is 655. The molecule has 0 saturated heterocycles. The van der Waals surface area contributed by atoms with Crippen molar-refractivity contribution in [3.8, 4) is 6.07 Å². The monoisotopic (exact) mass is 272 g/mol. The minimum absolute atomic E-state index is 0.195. The highest BCUT2D eigenvalue weighted by Gasteiger charge is 2.28. The lowest BCUT2D eigenvalue weighted by Gasteiger charge is -2.23. The molecule has 0 radical (unpaired) electrons. The van der Waals surface area contributed by atoms with E-state index >= 15 is 0 Å². The number of nitrogens with one attached hydrogen (secondary N) is 1. The second-order valence-electron chi connectivity index (χ2n) is 4.82. The Kier molecular flexibility index (Phi) is 3.72. The third-order valence-corrected chi connectivity index (χ3v) is 3.03. The SMILES string of the molecule is Cc1cc(C(C)(O)CNc2nccnc2C#N)c(C)o1.